The van der Waals surface area contributed by atoms with Crippen LogP contribution in [0.5, 0.6) is 0 Å². The molecule has 2 unspecified atom stereocenters. The lowest BCUT2D eigenvalue weighted by molar-refractivity contribution is -0.248. The highest BCUT2D eigenvalue weighted by molar-refractivity contribution is 4.80. The predicted molar refractivity (Wildman–Crippen MR) is 135 cm³/mol. The molecule has 1 fully saturated rings. The van der Waals surface area contributed by atoms with Gasteiger partial charge < -0.3 is 18.9 Å². The van der Waals surface area contributed by atoms with Crippen LogP contribution in [0.25, 0.3) is 0 Å². The van der Waals surface area contributed by atoms with Crippen molar-refractivity contribution in [3.05, 3.63) is 0 Å². The van der Waals surface area contributed by atoms with E-state index in [9.17, 15) is 0 Å². The lowest BCUT2D eigenvalue weighted by Gasteiger charge is -2.39. The monoisotopic (exact) mass is 456 g/mol. The van der Waals surface area contributed by atoms with Crippen molar-refractivity contribution in [2.45, 2.75) is 141 Å². The second-order valence-corrected chi connectivity index (χ2v) is 9.87. The second-order valence-electron chi connectivity index (χ2n) is 9.87. The van der Waals surface area contributed by atoms with Crippen molar-refractivity contribution in [2.75, 3.05) is 34.0 Å². The van der Waals surface area contributed by atoms with Crippen molar-refractivity contribution >= 4 is 0 Å². The Bertz CT molecular complexity index is 393. The fourth-order valence-corrected chi connectivity index (χ4v) is 4.90. The Morgan fingerprint density at radius 3 is 1.75 bits per heavy atom. The third kappa shape index (κ3) is 14.2. The molecule has 0 radical (unpaired) electrons. The molecule has 0 aromatic rings. The molecule has 0 amide bonds. The quantitative estimate of drug-likeness (QED) is 0.0791. The molecule has 32 heavy (non-hydrogen) atoms. The summed E-state index contributed by atoms with van der Waals surface area (Å²) >= 11 is 0. The van der Waals surface area contributed by atoms with Crippen LogP contribution in [0.1, 0.15) is 129 Å². The summed E-state index contributed by atoms with van der Waals surface area (Å²) in [6.45, 7) is 7.00. The van der Waals surface area contributed by atoms with Crippen molar-refractivity contribution in [3.8, 4) is 0 Å². The Balaban J connectivity index is 2.43. The van der Waals surface area contributed by atoms with E-state index in [0.29, 0.717) is 12.0 Å². The van der Waals surface area contributed by atoms with Crippen LogP contribution in [-0.2, 0) is 18.9 Å². The Kier molecular flexibility index (Phi) is 18.9. The molecular formula is C28H56O4. The van der Waals surface area contributed by atoms with E-state index in [2.05, 4.69) is 13.8 Å². The summed E-state index contributed by atoms with van der Waals surface area (Å²) in [5.74, 6) is -0.000360. The molecular weight excluding hydrogens is 400 g/mol. The van der Waals surface area contributed by atoms with Gasteiger partial charge in [0.15, 0.2) is 5.79 Å². The summed E-state index contributed by atoms with van der Waals surface area (Å²) in [6.07, 6.45) is 23.4. The maximum absolute atomic E-state index is 6.13. The highest BCUT2D eigenvalue weighted by Crippen LogP contribution is 2.36. The van der Waals surface area contributed by atoms with Crippen LogP contribution < -0.4 is 0 Å². The first kappa shape index (κ1) is 29.9. The SMILES string of the molecule is CCCCCCCCCCC(OC)(OC)C(CCCCCCCC)CCCOCC1CO1. The van der Waals surface area contributed by atoms with Gasteiger partial charge in [0.05, 0.1) is 13.2 Å². The largest absolute Gasteiger partial charge is 0.379 e. The van der Waals surface area contributed by atoms with Gasteiger partial charge in [0.25, 0.3) is 0 Å². The summed E-state index contributed by atoms with van der Waals surface area (Å²) in [4.78, 5) is 0. The van der Waals surface area contributed by atoms with Crippen LogP contribution in [0.2, 0.25) is 0 Å². The Morgan fingerprint density at radius 1 is 0.719 bits per heavy atom. The van der Waals surface area contributed by atoms with E-state index in [1.807, 2.05) is 14.2 Å². The molecule has 0 N–H and O–H groups in total. The first-order valence-corrected chi connectivity index (χ1v) is 14.0. The minimum Gasteiger partial charge on any atom is -0.379 e. The van der Waals surface area contributed by atoms with Crippen LogP contribution in [-0.4, -0.2) is 45.9 Å². The average Bonchev–Trinajstić information content (AvgIpc) is 3.64. The molecule has 2 atom stereocenters. The smallest absolute Gasteiger partial charge is 0.170 e. The van der Waals surface area contributed by atoms with Gasteiger partial charge in [-0.25, -0.2) is 0 Å². The van der Waals surface area contributed by atoms with E-state index in [0.717, 1.165) is 39.1 Å². The molecule has 4 heteroatoms. The van der Waals surface area contributed by atoms with E-state index < -0.39 is 5.79 Å². The van der Waals surface area contributed by atoms with E-state index in [1.165, 1.54) is 96.3 Å². The van der Waals surface area contributed by atoms with Crippen molar-refractivity contribution in [1.29, 1.82) is 0 Å². The van der Waals surface area contributed by atoms with Crippen molar-refractivity contribution in [1.82, 2.24) is 0 Å². The second kappa shape index (κ2) is 20.2. The van der Waals surface area contributed by atoms with Crippen LogP contribution >= 0.6 is 0 Å². The minimum atomic E-state index is -0.439. The number of hydrogen-bond acceptors (Lipinski definition) is 4. The number of unbranched alkanes of at least 4 members (excludes halogenated alkanes) is 12. The average molecular weight is 457 g/mol. The third-order valence-corrected chi connectivity index (χ3v) is 7.15. The number of methoxy groups -OCH3 is 2. The first-order chi connectivity index (χ1) is 15.7. The summed E-state index contributed by atoms with van der Waals surface area (Å²) < 4.78 is 23.3. The fourth-order valence-electron chi connectivity index (χ4n) is 4.90. The van der Waals surface area contributed by atoms with Gasteiger partial charge in [-0.3, -0.25) is 0 Å². The summed E-state index contributed by atoms with van der Waals surface area (Å²) in [7, 11) is 3.70. The van der Waals surface area contributed by atoms with Crippen molar-refractivity contribution < 1.29 is 18.9 Å². The van der Waals surface area contributed by atoms with E-state index in [-0.39, 0.29) is 0 Å². The molecule has 0 aliphatic carbocycles. The van der Waals surface area contributed by atoms with Crippen molar-refractivity contribution in [2.24, 2.45) is 5.92 Å². The molecule has 0 aromatic heterocycles. The highest BCUT2D eigenvalue weighted by Gasteiger charge is 2.38. The Morgan fingerprint density at radius 2 is 1.22 bits per heavy atom. The van der Waals surface area contributed by atoms with Crippen LogP contribution in [0, 0.1) is 5.92 Å². The van der Waals surface area contributed by atoms with Gasteiger partial charge in [-0.1, -0.05) is 97.3 Å². The van der Waals surface area contributed by atoms with Crippen LogP contribution in [0.4, 0.5) is 0 Å². The van der Waals surface area contributed by atoms with Gasteiger partial charge in [0.2, 0.25) is 0 Å². The molecule has 0 aromatic carbocycles. The standard InChI is InChI=1S/C28H56O4/c1-5-7-9-11-13-14-16-18-22-28(29-3,30-4)26(20-17-15-12-10-8-6-2)21-19-23-31-24-27-25-32-27/h26-27H,5-25H2,1-4H3. The maximum atomic E-state index is 6.13. The maximum Gasteiger partial charge on any atom is 0.170 e. The van der Waals surface area contributed by atoms with E-state index >= 15 is 0 Å². The van der Waals surface area contributed by atoms with E-state index in [4.69, 9.17) is 18.9 Å². The van der Waals surface area contributed by atoms with Gasteiger partial charge in [-0.2, -0.15) is 0 Å². The topological polar surface area (TPSA) is 40.2 Å². The molecule has 1 saturated heterocycles. The molecule has 192 valence electrons. The molecule has 0 bridgehead atoms. The molecule has 1 rings (SSSR count). The number of rotatable bonds is 25. The van der Waals surface area contributed by atoms with Crippen LogP contribution in [0.15, 0.2) is 0 Å². The van der Waals surface area contributed by atoms with Crippen molar-refractivity contribution in [3.63, 3.8) is 0 Å². The first-order valence-electron chi connectivity index (χ1n) is 14.0. The molecule has 0 spiro atoms. The number of ether oxygens (including phenoxy) is 4. The Hall–Kier alpha value is -0.160. The van der Waals surface area contributed by atoms with Crippen LogP contribution in [0.3, 0.4) is 0 Å². The summed E-state index contributed by atoms with van der Waals surface area (Å²) in [5, 5.41) is 0. The van der Waals surface area contributed by atoms with Gasteiger partial charge in [-0.15, -0.1) is 0 Å². The normalized spacial score (nSPS) is 17.1. The Labute approximate surface area is 200 Å². The zero-order chi connectivity index (χ0) is 23.3. The zero-order valence-electron chi connectivity index (χ0n) is 22.1. The van der Waals surface area contributed by atoms with E-state index in [1.54, 1.807) is 0 Å². The summed E-state index contributed by atoms with van der Waals surface area (Å²) in [5.41, 5.74) is 0. The lowest BCUT2D eigenvalue weighted by atomic mass is 9.84. The van der Waals surface area contributed by atoms with Gasteiger partial charge >= 0.3 is 0 Å². The molecule has 0 saturated carbocycles. The predicted octanol–water partition coefficient (Wildman–Crippen LogP) is 8.07. The number of hydrogen-bond donors (Lipinski definition) is 0. The molecule has 1 heterocycles. The van der Waals surface area contributed by atoms with Gasteiger partial charge in [-0.05, 0) is 25.7 Å². The van der Waals surface area contributed by atoms with Gasteiger partial charge in [0, 0.05) is 33.2 Å². The number of epoxide rings is 1. The summed E-state index contributed by atoms with van der Waals surface area (Å²) in [6, 6.07) is 0. The highest BCUT2D eigenvalue weighted by atomic mass is 16.7. The molecule has 1 aliphatic rings. The molecule has 4 nitrogen and oxygen atoms in total. The molecule has 1 aliphatic heterocycles. The van der Waals surface area contributed by atoms with Gasteiger partial charge in [0.1, 0.15) is 6.10 Å². The lowest BCUT2D eigenvalue weighted by Crippen LogP contribution is -2.42. The fraction of sp³-hybridized carbons (Fsp3) is 1.00. The minimum absolute atomic E-state index is 0.355. The zero-order valence-corrected chi connectivity index (χ0v) is 22.1. The third-order valence-electron chi connectivity index (χ3n) is 7.15.